The molecule has 0 N–H and O–H groups in total. The van der Waals surface area contributed by atoms with Crippen molar-refractivity contribution in [3.63, 3.8) is 0 Å². The van der Waals surface area contributed by atoms with Crippen LogP contribution in [0.3, 0.4) is 0 Å². The standard InChI is InChI=1S/C104H61N5O3/c1-7-19-91-77(13-1)80-48-35-68(71-38-51-86-83-16-4-10-22-97(83)110-100(86)59-71)56-94(80)107(91)74-42-29-63(30-43-74)62-25-27-65(28-26-62)103-89-55-67(64-31-44-75(45-32-64)108-92-20-8-2-14-78(92)81-49-36-69(57-95(81)108)72-39-52-87-84-17-5-11-23-98(84)111-101(87)60-72)41-54-90(89)105-104(106-103)66-33-46-76(47-34-66)109-93-21-9-3-15-79(93)82-50-37-70(58-96(82)109)73-40-53-88-85-18-6-12-24-99(85)112-102(88)61-73/h1-61H. The van der Waals surface area contributed by atoms with Crippen LogP contribution in [0.2, 0.25) is 0 Å². The van der Waals surface area contributed by atoms with Gasteiger partial charge in [0.2, 0.25) is 0 Å². The summed E-state index contributed by atoms with van der Waals surface area (Å²) in [5.74, 6) is 0.644. The fourth-order valence-corrected chi connectivity index (χ4v) is 17.8. The first-order chi connectivity index (χ1) is 55.4. The quantitative estimate of drug-likeness (QED) is 0.136. The summed E-state index contributed by atoms with van der Waals surface area (Å²) in [6.45, 7) is 0. The molecule has 0 atom stereocenters. The van der Waals surface area contributed by atoms with Crippen LogP contribution in [0.15, 0.2) is 383 Å². The summed E-state index contributed by atoms with van der Waals surface area (Å²) in [5.41, 5.74) is 30.0. The Hall–Kier alpha value is -15.1. The van der Waals surface area contributed by atoms with Crippen LogP contribution >= 0.6 is 0 Å². The number of furan rings is 3. The van der Waals surface area contributed by atoms with E-state index in [0.29, 0.717) is 5.82 Å². The number of hydrogen-bond donors (Lipinski definition) is 0. The molecule has 24 rings (SSSR count). The number of benzene rings is 17. The van der Waals surface area contributed by atoms with E-state index in [2.05, 4.69) is 347 Å². The molecule has 8 nitrogen and oxygen atoms in total. The minimum Gasteiger partial charge on any atom is -0.456 e. The molecule has 0 radical (unpaired) electrons. The van der Waals surface area contributed by atoms with Gasteiger partial charge in [-0.25, -0.2) is 9.97 Å². The lowest BCUT2D eigenvalue weighted by atomic mass is 9.98. The van der Waals surface area contributed by atoms with Crippen molar-refractivity contribution in [1.82, 2.24) is 23.7 Å². The molecule has 0 spiro atoms. The topological polar surface area (TPSA) is 80.0 Å². The minimum atomic E-state index is 0.644. The van der Waals surface area contributed by atoms with Crippen molar-refractivity contribution in [2.75, 3.05) is 0 Å². The van der Waals surface area contributed by atoms with Crippen LogP contribution in [-0.4, -0.2) is 23.7 Å². The summed E-state index contributed by atoms with van der Waals surface area (Å²) in [6.07, 6.45) is 0. The molecule has 0 amide bonds. The Morgan fingerprint density at radius 3 is 0.830 bits per heavy atom. The fourth-order valence-electron chi connectivity index (χ4n) is 17.8. The van der Waals surface area contributed by atoms with Crippen LogP contribution in [-0.2, 0) is 0 Å². The van der Waals surface area contributed by atoms with E-state index in [-0.39, 0.29) is 0 Å². The molecule has 0 aliphatic carbocycles. The molecule has 112 heavy (non-hydrogen) atoms. The predicted molar refractivity (Wildman–Crippen MR) is 462 cm³/mol. The first-order valence-corrected chi connectivity index (χ1v) is 38.0. The molecule has 7 heterocycles. The molecule has 0 aliphatic heterocycles. The maximum Gasteiger partial charge on any atom is 0.160 e. The molecule has 0 aliphatic rings. The average molecular weight is 1430 g/mol. The molecular formula is C104H61N5O3. The first-order valence-electron chi connectivity index (χ1n) is 38.0. The monoisotopic (exact) mass is 1430 g/mol. The molecule has 0 saturated carbocycles. The molecule has 0 bridgehead atoms. The van der Waals surface area contributed by atoms with Crippen LogP contribution in [0.4, 0.5) is 0 Å². The summed E-state index contributed by atoms with van der Waals surface area (Å²) in [5, 5.41) is 14.9. The lowest BCUT2D eigenvalue weighted by Gasteiger charge is -2.14. The van der Waals surface area contributed by atoms with Crippen molar-refractivity contribution in [3.8, 4) is 95.3 Å². The van der Waals surface area contributed by atoms with Gasteiger partial charge in [0.05, 0.1) is 44.3 Å². The van der Waals surface area contributed by atoms with Gasteiger partial charge in [-0.15, -0.1) is 0 Å². The van der Waals surface area contributed by atoms with Gasteiger partial charge >= 0.3 is 0 Å². The van der Waals surface area contributed by atoms with Gasteiger partial charge in [-0.3, -0.25) is 0 Å². The second-order valence-corrected chi connectivity index (χ2v) is 29.5. The lowest BCUT2D eigenvalue weighted by molar-refractivity contribution is 0.668. The lowest BCUT2D eigenvalue weighted by Crippen LogP contribution is -1.97. The van der Waals surface area contributed by atoms with E-state index in [1.807, 2.05) is 36.4 Å². The van der Waals surface area contributed by atoms with Crippen LogP contribution < -0.4 is 0 Å². The SMILES string of the molecule is c1ccc2c(c1)oc1cc(-c3ccc4c5ccccc5n(-c5ccc(-c6ccc(-c7nc(-c8ccc(-n9c%10ccccc%10c%10ccc(-c%11ccc%12c(c%11)oc%11ccccc%11%12)cc%109)cc8)nc8ccc(-c9ccc(-n%10c%11ccccc%11c%11ccc(-c%12ccc%13c(c%12)oc%12ccccc%12%13)cc%11%10)cc9)cc78)cc6)cc5)c4c3)ccc12. The fraction of sp³-hybridized carbons (Fsp3) is 0. The second-order valence-electron chi connectivity index (χ2n) is 29.5. The summed E-state index contributed by atoms with van der Waals surface area (Å²) >= 11 is 0. The van der Waals surface area contributed by atoms with E-state index in [1.165, 1.54) is 32.3 Å². The van der Waals surface area contributed by atoms with E-state index in [1.54, 1.807) is 0 Å². The van der Waals surface area contributed by atoms with E-state index in [4.69, 9.17) is 23.2 Å². The van der Waals surface area contributed by atoms with Crippen LogP contribution in [0, 0.1) is 0 Å². The summed E-state index contributed by atoms with van der Waals surface area (Å²) in [7, 11) is 0. The maximum atomic E-state index is 6.38. The van der Waals surface area contributed by atoms with Gasteiger partial charge in [0.25, 0.3) is 0 Å². The summed E-state index contributed by atoms with van der Waals surface area (Å²) < 4.78 is 26.3. The van der Waals surface area contributed by atoms with Crippen molar-refractivity contribution >= 4 is 142 Å². The highest BCUT2D eigenvalue weighted by atomic mass is 16.3. The van der Waals surface area contributed by atoms with Gasteiger partial charge in [0.1, 0.15) is 33.5 Å². The third-order valence-corrected chi connectivity index (χ3v) is 23.3. The van der Waals surface area contributed by atoms with E-state index >= 15 is 0 Å². The Bertz CT molecular complexity index is 8050. The van der Waals surface area contributed by atoms with Crippen molar-refractivity contribution in [2.24, 2.45) is 0 Å². The third-order valence-electron chi connectivity index (χ3n) is 23.3. The zero-order valence-corrected chi connectivity index (χ0v) is 60.2. The van der Waals surface area contributed by atoms with E-state index in [0.717, 1.165) is 199 Å². The number of aromatic nitrogens is 5. The Balaban J connectivity index is 0.594. The molecule has 0 unspecified atom stereocenters. The van der Waals surface area contributed by atoms with Gasteiger partial charge < -0.3 is 27.0 Å². The van der Waals surface area contributed by atoms with Crippen molar-refractivity contribution in [3.05, 3.63) is 370 Å². The number of rotatable bonds is 10. The molecule has 24 aromatic rings. The normalized spacial score (nSPS) is 12.1. The van der Waals surface area contributed by atoms with E-state index in [9.17, 15) is 0 Å². The third kappa shape index (κ3) is 9.68. The van der Waals surface area contributed by atoms with Crippen LogP contribution in [0.1, 0.15) is 0 Å². The summed E-state index contributed by atoms with van der Waals surface area (Å²) in [4.78, 5) is 11.0. The average Bonchev–Trinajstić information content (AvgIpc) is 1.44. The predicted octanol–water partition coefficient (Wildman–Crippen LogP) is 28.3. The van der Waals surface area contributed by atoms with Crippen LogP contribution in [0.5, 0.6) is 0 Å². The highest BCUT2D eigenvalue weighted by Gasteiger charge is 2.22. The molecule has 7 aromatic heterocycles. The Kier molecular flexibility index (Phi) is 13.4. The van der Waals surface area contributed by atoms with Gasteiger partial charge in [0, 0.05) is 98.2 Å². The number of nitrogens with zero attached hydrogens (tertiary/aromatic N) is 5. The second kappa shape index (κ2) is 24.2. The molecule has 520 valence electrons. The van der Waals surface area contributed by atoms with Crippen molar-refractivity contribution in [2.45, 2.75) is 0 Å². The van der Waals surface area contributed by atoms with Crippen molar-refractivity contribution < 1.29 is 13.3 Å². The number of para-hydroxylation sites is 6. The van der Waals surface area contributed by atoms with Gasteiger partial charge in [-0.2, -0.15) is 0 Å². The number of hydrogen-bond acceptors (Lipinski definition) is 5. The van der Waals surface area contributed by atoms with Gasteiger partial charge in [0.15, 0.2) is 5.82 Å². The Morgan fingerprint density at radius 2 is 0.438 bits per heavy atom. The zero-order valence-electron chi connectivity index (χ0n) is 60.2. The molecular weight excluding hydrogens is 1370 g/mol. The largest absolute Gasteiger partial charge is 0.456 e. The highest BCUT2D eigenvalue weighted by molar-refractivity contribution is 6.15. The first kappa shape index (κ1) is 62.0. The van der Waals surface area contributed by atoms with Gasteiger partial charge in [-0.1, -0.05) is 218 Å². The molecule has 0 saturated heterocycles. The minimum absolute atomic E-state index is 0.644. The zero-order chi connectivity index (χ0) is 73.2. The summed E-state index contributed by atoms with van der Waals surface area (Å²) in [6, 6.07) is 133. The van der Waals surface area contributed by atoms with Gasteiger partial charge in [-0.05, 0) is 207 Å². The highest BCUT2D eigenvalue weighted by Crippen LogP contribution is 2.44. The molecule has 17 aromatic carbocycles. The van der Waals surface area contributed by atoms with Crippen LogP contribution in [0.25, 0.3) is 237 Å². The Labute approximate surface area is 640 Å². The molecule has 0 fully saturated rings. The van der Waals surface area contributed by atoms with E-state index < -0.39 is 0 Å². The smallest absolute Gasteiger partial charge is 0.160 e. The number of fused-ring (bicyclic) bond motifs is 19. The maximum absolute atomic E-state index is 6.38. The molecule has 8 heteroatoms. The van der Waals surface area contributed by atoms with Crippen molar-refractivity contribution in [1.29, 1.82) is 0 Å². The Morgan fingerprint density at radius 1 is 0.170 bits per heavy atom.